The third-order valence-corrected chi connectivity index (χ3v) is 3.85. The van der Waals surface area contributed by atoms with Crippen LogP contribution in [0.4, 0.5) is 5.69 Å². The van der Waals surface area contributed by atoms with Gasteiger partial charge in [0.2, 0.25) is 5.91 Å². The van der Waals surface area contributed by atoms with E-state index in [0.29, 0.717) is 12.5 Å². The molecule has 1 atom stereocenters. The lowest BCUT2D eigenvalue weighted by Gasteiger charge is -2.22. The third kappa shape index (κ3) is 3.47. The average Bonchev–Trinajstić information content (AvgIpc) is 2.58. The van der Waals surface area contributed by atoms with Crippen LogP contribution in [0, 0.1) is 6.92 Å². The number of rotatable bonds is 3. The monoisotopic (exact) mass is 254 g/mol. The summed E-state index contributed by atoms with van der Waals surface area (Å²) >= 11 is 1.90. The first-order valence-electron chi connectivity index (χ1n) is 5.76. The van der Waals surface area contributed by atoms with Crippen LogP contribution in [0.3, 0.4) is 0 Å². The molecule has 0 aliphatic carbocycles. The van der Waals surface area contributed by atoms with E-state index in [1.54, 1.807) is 4.68 Å². The van der Waals surface area contributed by atoms with E-state index >= 15 is 0 Å². The van der Waals surface area contributed by atoms with Gasteiger partial charge in [0.25, 0.3) is 0 Å². The minimum Gasteiger partial charge on any atom is -0.323 e. The van der Waals surface area contributed by atoms with Gasteiger partial charge in [-0.15, -0.1) is 0 Å². The van der Waals surface area contributed by atoms with Gasteiger partial charge in [0.05, 0.1) is 11.4 Å². The van der Waals surface area contributed by atoms with E-state index < -0.39 is 0 Å². The highest BCUT2D eigenvalue weighted by atomic mass is 32.2. The number of thioether (sulfide) groups is 1. The molecule has 2 heterocycles. The van der Waals surface area contributed by atoms with Crippen LogP contribution in [-0.2, 0) is 11.8 Å². The van der Waals surface area contributed by atoms with Gasteiger partial charge in [-0.1, -0.05) is 0 Å². The highest BCUT2D eigenvalue weighted by molar-refractivity contribution is 7.99. The lowest BCUT2D eigenvalue weighted by Crippen LogP contribution is -2.39. The summed E-state index contributed by atoms with van der Waals surface area (Å²) in [5.41, 5.74) is 1.66. The number of anilines is 1. The fourth-order valence-corrected chi connectivity index (χ4v) is 2.85. The molecule has 1 amide bonds. The van der Waals surface area contributed by atoms with Crippen molar-refractivity contribution in [2.45, 2.75) is 19.4 Å². The Morgan fingerprint density at radius 1 is 1.76 bits per heavy atom. The topological polar surface area (TPSA) is 59.0 Å². The number of hydrogen-bond donors (Lipinski definition) is 2. The first-order chi connectivity index (χ1) is 8.15. The molecule has 1 aliphatic rings. The molecule has 1 aromatic heterocycles. The predicted molar refractivity (Wildman–Crippen MR) is 70.3 cm³/mol. The van der Waals surface area contributed by atoms with Crippen LogP contribution in [0.25, 0.3) is 0 Å². The SMILES string of the molecule is Cc1nn(C)cc1NC(=O)CC1CSCCN1. The van der Waals surface area contributed by atoms with E-state index in [4.69, 9.17) is 0 Å². The van der Waals surface area contributed by atoms with Gasteiger partial charge in [0, 0.05) is 43.8 Å². The van der Waals surface area contributed by atoms with Gasteiger partial charge in [-0.25, -0.2) is 0 Å². The largest absolute Gasteiger partial charge is 0.323 e. The van der Waals surface area contributed by atoms with E-state index in [2.05, 4.69) is 15.7 Å². The van der Waals surface area contributed by atoms with Crippen molar-refractivity contribution in [3.05, 3.63) is 11.9 Å². The van der Waals surface area contributed by atoms with E-state index in [1.165, 1.54) is 0 Å². The maximum absolute atomic E-state index is 11.8. The maximum atomic E-state index is 11.8. The van der Waals surface area contributed by atoms with E-state index in [9.17, 15) is 4.79 Å². The average molecular weight is 254 g/mol. The second-order valence-electron chi connectivity index (χ2n) is 4.28. The minimum atomic E-state index is 0.0566. The summed E-state index contributed by atoms with van der Waals surface area (Å²) in [6.45, 7) is 2.89. The molecule has 1 aromatic rings. The molecule has 5 nitrogen and oxygen atoms in total. The zero-order valence-electron chi connectivity index (χ0n) is 10.2. The van der Waals surface area contributed by atoms with Crippen LogP contribution in [-0.4, -0.2) is 39.8 Å². The molecule has 6 heteroatoms. The molecule has 1 aliphatic heterocycles. The number of nitrogens with one attached hydrogen (secondary N) is 2. The molecule has 1 unspecified atom stereocenters. The molecule has 0 spiro atoms. The first kappa shape index (κ1) is 12.4. The van der Waals surface area contributed by atoms with Crippen LogP contribution >= 0.6 is 11.8 Å². The third-order valence-electron chi connectivity index (χ3n) is 2.72. The normalized spacial score (nSPS) is 20.2. The summed E-state index contributed by atoms with van der Waals surface area (Å²) in [6.07, 6.45) is 2.36. The zero-order valence-corrected chi connectivity index (χ0v) is 11.0. The van der Waals surface area contributed by atoms with Crippen LogP contribution in [0.5, 0.6) is 0 Å². The molecule has 0 saturated carbocycles. The molecule has 1 fully saturated rings. The summed E-state index contributed by atoms with van der Waals surface area (Å²) in [5, 5.41) is 10.5. The number of nitrogens with zero attached hydrogens (tertiary/aromatic N) is 2. The van der Waals surface area contributed by atoms with Crippen molar-refractivity contribution < 1.29 is 4.79 Å². The van der Waals surface area contributed by atoms with Gasteiger partial charge < -0.3 is 10.6 Å². The van der Waals surface area contributed by atoms with Gasteiger partial charge in [-0.3, -0.25) is 9.48 Å². The summed E-state index contributed by atoms with van der Waals surface area (Å²) in [6, 6.07) is 0.297. The summed E-state index contributed by atoms with van der Waals surface area (Å²) in [7, 11) is 1.85. The summed E-state index contributed by atoms with van der Waals surface area (Å²) in [5.74, 6) is 2.21. The Morgan fingerprint density at radius 2 is 2.59 bits per heavy atom. The summed E-state index contributed by atoms with van der Waals surface area (Å²) in [4.78, 5) is 11.8. The van der Waals surface area contributed by atoms with Crippen molar-refractivity contribution in [3.63, 3.8) is 0 Å². The number of amides is 1. The fourth-order valence-electron chi connectivity index (χ4n) is 1.90. The molecular weight excluding hydrogens is 236 g/mol. The molecular formula is C11H18N4OS. The molecule has 0 radical (unpaired) electrons. The van der Waals surface area contributed by atoms with Gasteiger partial charge >= 0.3 is 0 Å². The number of carbonyl (C=O) groups is 1. The first-order valence-corrected chi connectivity index (χ1v) is 6.92. The van der Waals surface area contributed by atoms with Crippen molar-refractivity contribution >= 4 is 23.4 Å². The van der Waals surface area contributed by atoms with Gasteiger partial charge in [0.15, 0.2) is 0 Å². The molecule has 17 heavy (non-hydrogen) atoms. The van der Waals surface area contributed by atoms with Crippen molar-refractivity contribution in [3.8, 4) is 0 Å². The lowest BCUT2D eigenvalue weighted by atomic mass is 10.2. The van der Waals surface area contributed by atoms with E-state index in [0.717, 1.165) is 29.4 Å². The number of hydrogen-bond acceptors (Lipinski definition) is 4. The van der Waals surface area contributed by atoms with Gasteiger partial charge in [0.1, 0.15) is 0 Å². The quantitative estimate of drug-likeness (QED) is 0.836. The predicted octanol–water partition coefficient (Wildman–Crippen LogP) is 0.762. The van der Waals surface area contributed by atoms with Gasteiger partial charge in [-0.05, 0) is 6.92 Å². The molecule has 1 saturated heterocycles. The molecule has 2 rings (SSSR count). The standard InChI is InChI=1S/C11H18N4OS/c1-8-10(6-15(2)14-8)13-11(16)5-9-7-17-4-3-12-9/h6,9,12H,3-5,7H2,1-2H3,(H,13,16). The number of carbonyl (C=O) groups excluding carboxylic acids is 1. The smallest absolute Gasteiger partial charge is 0.226 e. The zero-order chi connectivity index (χ0) is 12.3. The maximum Gasteiger partial charge on any atom is 0.226 e. The second kappa shape index (κ2) is 5.55. The molecule has 0 aromatic carbocycles. The van der Waals surface area contributed by atoms with Crippen LogP contribution in [0.1, 0.15) is 12.1 Å². The Hall–Kier alpha value is -1.01. The molecule has 0 bridgehead atoms. The van der Waals surface area contributed by atoms with Crippen LogP contribution in [0.2, 0.25) is 0 Å². The van der Waals surface area contributed by atoms with Crippen molar-refractivity contribution in [2.75, 3.05) is 23.4 Å². The van der Waals surface area contributed by atoms with E-state index in [-0.39, 0.29) is 5.91 Å². The highest BCUT2D eigenvalue weighted by Gasteiger charge is 2.17. The highest BCUT2D eigenvalue weighted by Crippen LogP contribution is 2.14. The summed E-state index contributed by atoms with van der Waals surface area (Å²) < 4.78 is 1.71. The van der Waals surface area contributed by atoms with Crippen molar-refractivity contribution in [1.29, 1.82) is 0 Å². The van der Waals surface area contributed by atoms with Crippen molar-refractivity contribution in [2.24, 2.45) is 7.05 Å². The van der Waals surface area contributed by atoms with Crippen LogP contribution < -0.4 is 10.6 Å². The second-order valence-corrected chi connectivity index (χ2v) is 5.43. The van der Waals surface area contributed by atoms with Crippen LogP contribution in [0.15, 0.2) is 6.20 Å². The Bertz CT molecular complexity index is 398. The Labute approximate surface area is 105 Å². The number of aryl methyl sites for hydroxylation is 2. The van der Waals surface area contributed by atoms with E-state index in [1.807, 2.05) is 31.9 Å². The minimum absolute atomic E-state index is 0.0566. The Morgan fingerprint density at radius 3 is 3.18 bits per heavy atom. The van der Waals surface area contributed by atoms with Crippen molar-refractivity contribution in [1.82, 2.24) is 15.1 Å². The lowest BCUT2D eigenvalue weighted by molar-refractivity contribution is -0.116. The fraction of sp³-hybridized carbons (Fsp3) is 0.636. The van der Waals surface area contributed by atoms with Gasteiger partial charge in [-0.2, -0.15) is 16.9 Å². The number of aromatic nitrogens is 2. The Balaban J connectivity index is 1.86. The molecule has 94 valence electrons. The molecule has 2 N–H and O–H groups in total. The Kier molecular flexibility index (Phi) is 4.06.